The molecule has 0 radical (unpaired) electrons. The maximum absolute atomic E-state index is 11.9. The van der Waals surface area contributed by atoms with Gasteiger partial charge in [0.15, 0.2) is 5.76 Å². The number of ether oxygens (including phenoxy) is 1. The van der Waals surface area contributed by atoms with Gasteiger partial charge in [0, 0.05) is 18.0 Å². The molecule has 1 heterocycles. The highest BCUT2D eigenvalue weighted by atomic mass is 35.5. The Bertz CT molecular complexity index is 656. The van der Waals surface area contributed by atoms with Crippen molar-refractivity contribution in [3.05, 3.63) is 47.4 Å². The molecule has 0 spiro atoms. The Kier molecular flexibility index (Phi) is 5.43. The van der Waals surface area contributed by atoms with Crippen molar-refractivity contribution in [2.24, 2.45) is 0 Å². The smallest absolute Gasteiger partial charge is 0.286 e. The summed E-state index contributed by atoms with van der Waals surface area (Å²) in [5.74, 6) is 0.0905. The second-order valence-electron chi connectivity index (χ2n) is 4.38. The highest BCUT2D eigenvalue weighted by Gasteiger charge is 2.11. The van der Waals surface area contributed by atoms with Crippen molar-refractivity contribution >= 4 is 29.1 Å². The van der Waals surface area contributed by atoms with Gasteiger partial charge in [-0.1, -0.05) is 11.6 Å². The summed E-state index contributed by atoms with van der Waals surface area (Å²) in [6, 6.07) is 8.09. The van der Waals surface area contributed by atoms with E-state index in [9.17, 15) is 9.59 Å². The van der Waals surface area contributed by atoms with Gasteiger partial charge in [-0.2, -0.15) is 0 Å². The van der Waals surface area contributed by atoms with Crippen LogP contribution in [0.2, 0.25) is 5.02 Å². The average Bonchev–Trinajstić information content (AvgIpc) is 3.01. The zero-order valence-electron chi connectivity index (χ0n) is 11.9. The zero-order chi connectivity index (χ0) is 15.9. The van der Waals surface area contributed by atoms with Gasteiger partial charge in [0.25, 0.3) is 5.91 Å². The van der Waals surface area contributed by atoms with E-state index in [1.165, 1.54) is 13.4 Å². The minimum absolute atomic E-state index is 0.113. The number of hydrogen-bond donors (Lipinski definition) is 2. The summed E-state index contributed by atoms with van der Waals surface area (Å²) < 4.78 is 10.1. The number of nitrogens with one attached hydrogen (secondary N) is 2. The van der Waals surface area contributed by atoms with Crippen molar-refractivity contribution in [3.63, 3.8) is 0 Å². The molecule has 0 saturated heterocycles. The highest BCUT2D eigenvalue weighted by molar-refractivity contribution is 6.31. The molecule has 0 aliphatic heterocycles. The number of methoxy groups -OCH3 is 1. The number of hydrogen-bond acceptors (Lipinski definition) is 4. The van der Waals surface area contributed by atoms with Gasteiger partial charge in [0.05, 0.1) is 19.1 Å². The summed E-state index contributed by atoms with van der Waals surface area (Å²) in [7, 11) is 1.50. The lowest BCUT2D eigenvalue weighted by atomic mass is 10.2. The van der Waals surface area contributed by atoms with E-state index in [-0.39, 0.29) is 30.5 Å². The van der Waals surface area contributed by atoms with Crippen molar-refractivity contribution in [1.82, 2.24) is 5.32 Å². The largest absolute Gasteiger partial charge is 0.495 e. The second-order valence-corrected chi connectivity index (χ2v) is 4.81. The Labute approximate surface area is 132 Å². The quantitative estimate of drug-likeness (QED) is 0.857. The summed E-state index contributed by atoms with van der Waals surface area (Å²) in [4.78, 5) is 23.5. The SMILES string of the molecule is COc1ccc(Cl)cc1NC(=O)CCNC(=O)c1ccco1. The van der Waals surface area contributed by atoms with E-state index in [4.69, 9.17) is 20.8 Å². The molecular formula is C15H15ClN2O4. The van der Waals surface area contributed by atoms with Crippen molar-refractivity contribution in [3.8, 4) is 5.75 Å². The third kappa shape index (κ3) is 4.26. The number of anilines is 1. The van der Waals surface area contributed by atoms with Crippen molar-refractivity contribution in [1.29, 1.82) is 0 Å². The first-order valence-electron chi connectivity index (χ1n) is 6.55. The number of rotatable bonds is 6. The van der Waals surface area contributed by atoms with Gasteiger partial charge in [-0.3, -0.25) is 9.59 Å². The molecule has 0 atom stereocenters. The summed E-state index contributed by atoms with van der Waals surface area (Å²) in [5.41, 5.74) is 0.484. The molecular weight excluding hydrogens is 308 g/mol. The van der Waals surface area contributed by atoms with Crippen LogP contribution in [0.3, 0.4) is 0 Å². The van der Waals surface area contributed by atoms with Gasteiger partial charge >= 0.3 is 0 Å². The van der Waals surface area contributed by atoms with Crippen LogP contribution in [0.1, 0.15) is 17.0 Å². The first-order chi connectivity index (χ1) is 10.6. The molecule has 0 bridgehead atoms. The number of benzene rings is 1. The van der Waals surface area contributed by atoms with Crippen LogP contribution in [0.15, 0.2) is 41.0 Å². The molecule has 0 aliphatic carbocycles. The monoisotopic (exact) mass is 322 g/mol. The Morgan fingerprint density at radius 1 is 1.32 bits per heavy atom. The molecule has 1 aromatic heterocycles. The number of carbonyl (C=O) groups is 2. The van der Waals surface area contributed by atoms with Crippen LogP contribution >= 0.6 is 11.6 Å². The van der Waals surface area contributed by atoms with Crippen LogP contribution in [-0.4, -0.2) is 25.5 Å². The van der Waals surface area contributed by atoms with E-state index in [1.54, 1.807) is 30.3 Å². The molecule has 2 N–H and O–H groups in total. The molecule has 0 aliphatic rings. The second kappa shape index (κ2) is 7.51. The highest BCUT2D eigenvalue weighted by Crippen LogP contribution is 2.27. The fourth-order valence-corrected chi connectivity index (χ4v) is 1.95. The molecule has 2 rings (SSSR count). The van der Waals surface area contributed by atoms with Crippen molar-refractivity contribution in [2.75, 3.05) is 19.0 Å². The fourth-order valence-electron chi connectivity index (χ4n) is 1.78. The van der Waals surface area contributed by atoms with Crippen LogP contribution in [0.4, 0.5) is 5.69 Å². The molecule has 0 unspecified atom stereocenters. The number of amides is 2. The van der Waals surface area contributed by atoms with E-state index in [1.807, 2.05) is 0 Å². The van der Waals surface area contributed by atoms with Crippen molar-refractivity contribution in [2.45, 2.75) is 6.42 Å². The summed E-state index contributed by atoms with van der Waals surface area (Å²) in [6.07, 6.45) is 1.52. The molecule has 22 heavy (non-hydrogen) atoms. The Morgan fingerprint density at radius 2 is 2.14 bits per heavy atom. The van der Waals surface area contributed by atoms with Gasteiger partial charge in [-0.05, 0) is 30.3 Å². The van der Waals surface area contributed by atoms with E-state index < -0.39 is 0 Å². The van der Waals surface area contributed by atoms with Crippen LogP contribution in [0.25, 0.3) is 0 Å². The third-order valence-corrected chi connectivity index (χ3v) is 3.05. The molecule has 2 aromatic rings. The molecule has 0 saturated carbocycles. The minimum Gasteiger partial charge on any atom is -0.495 e. The maximum Gasteiger partial charge on any atom is 0.286 e. The normalized spacial score (nSPS) is 10.1. The molecule has 116 valence electrons. The summed E-state index contributed by atoms with van der Waals surface area (Å²) >= 11 is 5.89. The maximum atomic E-state index is 11.9. The molecule has 0 fully saturated rings. The lowest BCUT2D eigenvalue weighted by molar-refractivity contribution is -0.116. The zero-order valence-corrected chi connectivity index (χ0v) is 12.6. The standard InChI is InChI=1S/C15H15ClN2O4/c1-21-12-5-4-10(16)9-11(12)18-14(19)6-7-17-15(20)13-3-2-8-22-13/h2-5,8-9H,6-7H2,1H3,(H,17,20)(H,18,19). The third-order valence-electron chi connectivity index (χ3n) is 2.82. The average molecular weight is 323 g/mol. The van der Waals surface area contributed by atoms with Gasteiger partial charge in [-0.25, -0.2) is 0 Å². The first-order valence-corrected chi connectivity index (χ1v) is 6.93. The van der Waals surface area contributed by atoms with Gasteiger partial charge in [-0.15, -0.1) is 0 Å². The van der Waals surface area contributed by atoms with Gasteiger partial charge in [0.1, 0.15) is 5.75 Å². The van der Waals surface area contributed by atoms with Crippen LogP contribution < -0.4 is 15.4 Å². The lowest BCUT2D eigenvalue weighted by Gasteiger charge is -2.10. The van der Waals surface area contributed by atoms with Crippen LogP contribution in [-0.2, 0) is 4.79 Å². The number of halogens is 1. The van der Waals surface area contributed by atoms with Gasteiger partial charge in [0.2, 0.25) is 5.91 Å². The van der Waals surface area contributed by atoms with Crippen LogP contribution in [0, 0.1) is 0 Å². The molecule has 2 amide bonds. The Balaban J connectivity index is 1.83. The van der Waals surface area contributed by atoms with Crippen molar-refractivity contribution < 1.29 is 18.7 Å². The Hall–Kier alpha value is -2.47. The van der Waals surface area contributed by atoms with E-state index in [2.05, 4.69) is 10.6 Å². The molecule has 1 aromatic carbocycles. The minimum atomic E-state index is -0.363. The Morgan fingerprint density at radius 3 is 2.82 bits per heavy atom. The first kappa shape index (κ1) is 15.9. The van der Waals surface area contributed by atoms with Crippen LogP contribution in [0.5, 0.6) is 5.75 Å². The predicted molar refractivity (Wildman–Crippen MR) is 82.3 cm³/mol. The predicted octanol–water partition coefficient (Wildman–Crippen LogP) is 2.70. The van der Waals surface area contributed by atoms with E-state index in [0.717, 1.165) is 0 Å². The van der Waals surface area contributed by atoms with E-state index in [0.29, 0.717) is 16.5 Å². The van der Waals surface area contributed by atoms with E-state index >= 15 is 0 Å². The number of furan rings is 1. The molecule has 6 nitrogen and oxygen atoms in total. The fraction of sp³-hybridized carbons (Fsp3) is 0.200. The summed E-state index contributed by atoms with van der Waals surface area (Å²) in [5, 5.41) is 5.77. The topological polar surface area (TPSA) is 80.6 Å². The summed E-state index contributed by atoms with van der Waals surface area (Å²) in [6.45, 7) is 0.189. The van der Waals surface area contributed by atoms with Gasteiger partial charge < -0.3 is 19.8 Å². The number of carbonyl (C=O) groups excluding carboxylic acids is 2. The molecule has 7 heteroatoms. The lowest BCUT2D eigenvalue weighted by Crippen LogP contribution is -2.27.